The predicted octanol–water partition coefficient (Wildman–Crippen LogP) is 2.89. The van der Waals surface area contributed by atoms with E-state index < -0.39 is 0 Å². The van der Waals surface area contributed by atoms with Crippen molar-refractivity contribution in [2.45, 2.75) is 13.1 Å². The molecule has 0 fully saturated rings. The lowest BCUT2D eigenvalue weighted by molar-refractivity contribution is 0.414. The average molecular weight is 346 g/mol. The molecule has 7 nitrogen and oxygen atoms in total. The minimum Gasteiger partial charge on any atom is -0.497 e. The van der Waals surface area contributed by atoms with Crippen LogP contribution in [-0.2, 0) is 13.1 Å². The fraction of sp³-hybridized carbons (Fsp3) is 0.158. The van der Waals surface area contributed by atoms with Gasteiger partial charge < -0.3 is 10.1 Å². The number of nitrogens with one attached hydrogen (secondary N) is 1. The lowest BCUT2D eigenvalue weighted by Gasteiger charge is -2.07. The van der Waals surface area contributed by atoms with Gasteiger partial charge in [0.25, 0.3) is 0 Å². The van der Waals surface area contributed by atoms with Crippen molar-refractivity contribution in [1.29, 1.82) is 0 Å². The maximum Gasteiger partial charge on any atom is 0.184 e. The Hall–Kier alpha value is -3.48. The highest BCUT2D eigenvalue weighted by molar-refractivity contribution is 5.81. The van der Waals surface area contributed by atoms with Crippen LogP contribution < -0.4 is 10.1 Å². The second-order valence-corrected chi connectivity index (χ2v) is 5.83. The molecule has 26 heavy (non-hydrogen) atoms. The number of aromatic nitrogens is 5. The van der Waals surface area contributed by atoms with Gasteiger partial charge in [-0.05, 0) is 23.3 Å². The Kier molecular flexibility index (Phi) is 4.42. The van der Waals surface area contributed by atoms with Gasteiger partial charge in [-0.25, -0.2) is 14.6 Å². The Morgan fingerprint density at radius 2 is 1.77 bits per heavy atom. The first-order valence-electron chi connectivity index (χ1n) is 8.28. The van der Waals surface area contributed by atoms with Gasteiger partial charge in [0.1, 0.15) is 12.1 Å². The summed E-state index contributed by atoms with van der Waals surface area (Å²) in [5.41, 5.74) is 3.64. The van der Waals surface area contributed by atoms with Crippen LogP contribution in [0.15, 0.2) is 60.9 Å². The third-order valence-electron chi connectivity index (χ3n) is 4.09. The number of anilines is 1. The number of rotatable bonds is 6. The minimum atomic E-state index is 0.617. The van der Waals surface area contributed by atoms with Crippen LogP contribution in [-0.4, -0.2) is 32.1 Å². The summed E-state index contributed by atoms with van der Waals surface area (Å²) in [5.74, 6) is 1.51. The van der Waals surface area contributed by atoms with E-state index in [0.29, 0.717) is 30.1 Å². The van der Waals surface area contributed by atoms with Crippen LogP contribution >= 0.6 is 0 Å². The first-order chi connectivity index (χ1) is 12.8. The first kappa shape index (κ1) is 16.0. The van der Waals surface area contributed by atoms with Gasteiger partial charge in [0.2, 0.25) is 0 Å². The standard InChI is InChI=1S/C19H18N6O/c1-26-16-9-7-14(8-10-16)11-20-18-17-19(22-13-21-18)25(24-23-17)12-15-5-3-2-4-6-15/h2-10,13H,11-12H2,1H3,(H,20,21,22). The van der Waals surface area contributed by atoms with Crippen molar-refractivity contribution < 1.29 is 4.74 Å². The lowest BCUT2D eigenvalue weighted by atomic mass is 10.2. The van der Waals surface area contributed by atoms with Gasteiger partial charge in [-0.1, -0.05) is 47.7 Å². The van der Waals surface area contributed by atoms with Gasteiger partial charge in [0.15, 0.2) is 17.0 Å². The average Bonchev–Trinajstić information content (AvgIpc) is 3.11. The van der Waals surface area contributed by atoms with Gasteiger partial charge >= 0.3 is 0 Å². The molecule has 0 bridgehead atoms. The predicted molar refractivity (Wildman–Crippen MR) is 99.0 cm³/mol. The second-order valence-electron chi connectivity index (χ2n) is 5.83. The molecule has 0 atom stereocenters. The summed E-state index contributed by atoms with van der Waals surface area (Å²) in [6, 6.07) is 18.0. The molecule has 2 aromatic carbocycles. The van der Waals surface area contributed by atoms with Crippen molar-refractivity contribution in [3.63, 3.8) is 0 Å². The molecule has 2 heterocycles. The number of methoxy groups -OCH3 is 1. The summed E-state index contributed by atoms with van der Waals surface area (Å²) in [4.78, 5) is 8.66. The van der Waals surface area contributed by atoms with E-state index in [1.807, 2.05) is 42.5 Å². The van der Waals surface area contributed by atoms with E-state index in [1.54, 1.807) is 11.8 Å². The smallest absolute Gasteiger partial charge is 0.184 e. The number of ether oxygens (including phenoxy) is 1. The molecule has 4 rings (SSSR count). The van der Waals surface area contributed by atoms with Crippen LogP contribution in [0, 0.1) is 0 Å². The lowest BCUT2D eigenvalue weighted by Crippen LogP contribution is -2.04. The molecule has 0 saturated carbocycles. The molecule has 0 aliphatic carbocycles. The van der Waals surface area contributed by atoms with Gasteiger partial charge in [0, 0.05) is 6.54 Å². The van der Waals surface area contributed by atoms with Crippen molar-refractivity contribution in [2.75, 3.05) is 12.4 Å². The topological polar surface area (TPSA) is 77.8 Å². The van der Waals surface area contributed by atoms with Crippen LogP contribution in [0.5, 0.6) is 5.75 Å². The Labute approximate surface area is 150 Å². The number of benzene rings is 2. The molecule has 2 aromatic heterocycles. The van der Waals surface area contributed by atoms with Gasteiger partial charge in [-0.15, -0.1) is 5.10 Å². The first-order valence-corrected chi connectivity index (χ1v) is 8.28. The van der Waals surface area contributed by atoms with Crippen LogP contribution in [0.2, 0.25) is 0 Å². The summed E-state index contributed by atoms with van der Waals surface area (Å²) in [6.45, 7) is 1.24. The molecule has 0 spiro atoms. The molecule has 0 saturated heterocycles. The third kappa shape index (κ3) is 3.32. The van der Waals surface area contributed by atoms with Gasteiger partial charge in [0.05, 0.1) is 13.7 Å². The molecule has 0 aliphatic rings. The molecular weight excluding hydrogens is 328 g/mol. The van der Waals surface area contributed by atoms with E-state index in [4.69, 9.17) is 4.74 Å². The molecule has 0 unspecified atom stereocenters. The van der Waals surface area contributed by atoms with Crippen molar-refractivity contribution in [2.24, 2.45) is 0 Å². The summed E-state index contributed by atoms with van der Waals surface area (Å²) in [7, 11) is 1.66. The van der Waals surface area contributed by atoms with E-state index in [2.05, 4.69) is 37.7 Å². The Morgan fingerprint density at radius 1 is 0.962 bits per heavy atom. The number of fused-ring (bicyclic) bond motifs is 1. The highest BCUT2D eigenvalue weighted by Crippen LogP contribution is 2.18. The third-order valence-corrected chi connectivity index (χ3v) is 4.09. The van der Waals surface area contributed by atoms with E-state index in [0.717, 1.165) is 16.9 Å². The van der Waals surface area contributed by atoms with Crippen LogP contribution in [0.25, 0.3) is 11.2 Å². The van der Waals surface area contributed by atoms with E-state index in [1.165, 1.54) is 6.33 Å². The van der Waals surface area contributed by atoms with Crippen LogP contribution in [0.1, 0.15) is 11.1 Å². The van der Waals surface area contributed by atoms with Gasteiger partial charge in [-0.3, -0.25) is 0 Å². The van der Waals surface area contributed by atoms with E-state index in [-0.39, 0.29) is 0 Å². The highest BCUT2D eigenvalue weighted by Gasteiger charge is 2.11. The highest BCUT2D eigenvalue weighted by atomic mass is 16.5. The van der Waals surface area contributed by atoms with Crippen molar-refractivity contribution in [3.8, 4) is 5.75 Å². The summed E-state index contributed by atoms with van der Waals surface area (Å²) in [6.07, 6.45) is 1.53. The molecule has 0 radical (unpaired) electrons. The van der Waals surface area contributed by atoms with Crippen molar-refractivity contribution in [3.05, 3.63) is 72.1 Å². The van der Waals surface area contributed by atoms with Crippen molar-refractivity contribution in [1.82, 2.24) is 25.0 Å². The molecule has 7 heteroatoms. The second kappa shape index (κ2) is 7.18. The summed E-state index contributed by atoms with van der Waals surface area (Å²) >= 11 is 0. The molecule has 4 aromatic rings. The molecule has 130 valence electrons. The zero-order valence-electron chi connectivity index (χ0n) is 14.3. The SMILES string of the molecule is COc1ccc(CNc2ncnc3c2nnn3Cc2ccccc2)cc1. The van der Waals surface area contributed by atoms with Gasteiger partial charge in [-0.2, -0.15) is 0 Å². The summed E-state index contributed by atoms with van der Waals surface area (Å²) in [5, 5.41) is 11.8. The molecule has 0 aliphatic heterocycles. The quantitative estimate of drug-likeness (QED) is 0.578. The Bertz CT molecular complexity index is 998. The fourth-order valence-corrected chi connectivity index (χ4v) is 2.71. The number of nitrogens with zero attached hydrogens (tertiary/aromatic N) is 5. The molecule has 0 amide bonds. The number of hydrogen-bond acceptors (Lipinski definition) is 6. The molecular formula is C19H18N6O. The monoisotopic (exact) mass is 346 g/mol. The molecule has 1 N–H and O–H groups in total. The number of hydrogen-bond donors (Lipinski definition) is 1. The van der Waals surface area contributed by atoms with E-state index in [9.17, 15) is 0 Å². The Balaban J connectivity index is 1.54. The Morgan fingerprint density at radius 3 is 2.54 bits per heavy atom. The largest absolute Gasteiger partial charge is 0.497 e. The van der Waals surface area contributed by atoms with E-state index >= 15 is 0 Å². The van der Waals surface area contributed by atoms with Crippen LogP contribution in [0.4, 0.5) is 5.82 Å². The maximum absolute atomic E-state index is 5.18. The normalized spacial score (nSPS) is 10.8. The van der Waals surface area contributed by atoms with Crippen LogP contribution in [0.3, 0.4) is 0 Å². The maximum atomic E-state index is 5.18. The zero-order valence-corrected chi connectivity index (χ0v) is 14.3. The van der Waals surface area contributed by atoms with Crippen molar-refractivity contribution >= 4 is 17.0 Å². The fourth-order valence-electron chi connectivity index (χ4n) is 2.71. The summed E-state index contributed by atoms with van der Waals surface area (Å²) < 4.78 is 6.96. The minimum absolute atomic E-state index is 0.617. The zero-order chi connectivity index (χ0) is 17.8.